The van der Waals surface area contributed by atoms with Crippen molar-refractivity contribution < 1.29 is 8.42 Å². The summed E-state index contributed by atoms with van der Waals surface area (Å²) in [4.78, 5) is 0. The Hall–Kier alpha value is -0.660. The molecule has 0 unspecified atom stereocenters. The molecule has 0 saturated carbocycles. The van der Waals surface area contributed by atoms with Crippen LogP contribution >= 0.6 is 0 Å². The van der Waals surface area contributed by atoms with Crippen LogP contribution in [0.3, 0.4) is 0 Å². The number of nitrogens with one attached hydrogen (secondary N) is 3. The Morgan fingerprint density at radius 1 is 1.36 bits per heavy atom. The number of nitrogens with two attached hydrogens (primary N) is 1. The van der Waals surface area contributed by atoms with E-state index in [9.17, 15) is 8.42 Å². The molecule has 5 N–H and O–H groups in total. The van der Waals surface area contributed by atoms with E-state index in [2.05, 4.69) is 9.44 Å². The van der Waals surface area contributed by atoms with Crippen LogP contribution in [0.4, 0.5) is 0 Å². The van der Waals surface area contributed by atoms with Gasteiger partial charge in [0.15, 0.2) is 0 Å². The lowest BCUT2D eigenvalue weighted by molar-refractivity contribution is 0.564. The van der Waals surface area contributed by atoms with Gasteiger partial charge in [-0.05, 0) is 12.8 Å². The third kappa shape index (κ3) is 7.96. The van der Waals surface area contributed by atoms with Gasteiger partial charge < -0.3 is 5.73 Å². The number of rotatable bonds is 8. The van der Waals surface area contributed by atoms with Crippen LogP contribution in [-0.4, -0.2) is 27.3 Å². The quantitative estimate of drug-likeness (QED) is 0.253. The van der Waals surface area contributed by atoms with Gasteiger partial charge in [0.25, 0.3) is 10.2 Å². The molecule has 0 aliphatic heterocycles. The van der Waals surface area contributed by atoms with Crippen LogP contribution in [0, 0.1) is 5.41 Å². The summed E-state index contributed by atoms with van der Waals surface area (Å²) in [6.45, 7) is 2.62. The van der Waals surface area contributed by atoms with Crippen LogP contribution in [-0.2, 0) is 10.2 Å². The van der Waals surface area contributed by atoms with E-state index in [0.717, 1.165) is 6.42 Å². The van der Waals surface area contributed by atoms with Crippen molar-refractivity contribution in [3.8, 4) is 0 Å². The Morgan fingerprint density at radius 3 is 2.43 bits per heavy atom. The highest BCUT2D eigenvalue weighted by Crippen LogP contribution is 1.86. The van der Waals surface area contributed by atoms with E-state index >= 15 is 0 Å². The molecule has 0 saturated heterocycles. The predicted molar refractivity (Wildman–Crippen MR) is 56.4 cm³/mol. The first kappa shape index (κ1) is 13.3. The molecule has 0 rings (SSSR count). The molecule has 0 atom stereocenters. The first-order valence-electron chi connectivity index (χ1n) is 4.55. The van der Waals surface area contributed by atoms with Crippen molar-refractivity contribution in [3.05, 3.63) is 0 Å². The van der Waals surface area contributed by atoms with Crippen molar-refractivity contribution in [2.45, 2.75) is 26.2 Å². The maximum absolute atomic E-state index is 11.1. The summed E-state index contributed by atoms with van der Waals surface area (Å²) >= 11 is 0. The summed E-state index contributed by atoms with van der Waals surface area (Å²) in [6, 6.07) is 0. The van der Waals surface area contributed by atoms with Gasteiger partial charge in [0.2, 0.25) is 0 Å². The molecule has 0 fully saturated rings. The van der Waals surface area contributed by atoms with Crippen molar-refractivity contribution in [2.24, 2.45) is 5.73 Å². The summed E-state index contributed by atoms with van der Waals surface area (Å²) in [5.74, 6) is 0.0747. The molecule has 0 aliphatic rings. The topological polar surface area (TPSA) is 108 Å². The van der Waals surface area contributed by atoms with E-state index in [1.54, 1.807) is 0 Å². The third-order valence-electron chi connectivity index (χ3n) is 1.46. The van der Waals surface area contributed by atoms with Crippen molar-refractivity contribution in [1.82, 2.24) is 9.44 Å². The van der Waals surface area contributed by atoms with Gasteiger partial charge in [0, 0.05) is 19.5 Å². The summed E-state index contributed by atoms with van der Waals surface area (Å²) in [6.07, 6.45) is 1.72. The van der Waals surface area contributed by atoms with Gasteiger partial charge in [-0.25, -0.2) is 9.44 Å². The van der Waals surface area contributed by atoms with Gasteiger partial charge in [-0.1, -0.05) is 6.92 Å². The van der Waals surface area contributed by atoms with Crippen LogP contribution in [0.1, 0.15) is 26.2 Å². The lowest BCUT2D eigenvalue weighted by atomic mass is 10.3. The molecule has 6 nitrogen and oxygen atoms in total. The second kappa shape index (κ2) is 6.74. The second-order valence-electron chi connectivity index (χ2n) is 2.92. The molecule has 0 aromatic heterocycles. The Bertz CT molecular complexity index is 263. The number of hydrogen-bond donors (Lipinski definition) is 4. The average molecular weight is 222 g/mol. The van der Waals surface area contributed by atoms with Gasteiger partial charge in [-0.3, -0.25) is 5.41 Å². The Morgan fingerprint density at radius 2 is 1.93 bits per heavy atom. The maximum atomic E-state index is 11.1. The summed E-state index contributed by atoms with van der Waals surface area (Å²) in [7, 11) is -3.35. The molecule has 7 heteroatoms. The van der Waals surface area contributed by atoms with Gasteiger partial charge >= 0.3 is 0 Å². The Balaban J connectivity index is 3.61. The van der Waals surface area contributed by atoms with E-state index in [0.29, 0.717) is 25.9 Å². The maximum Gasteiger partial charge on any atom is 0.276 e. The SMILES string of the molecule is CCCNS(=O)(=O)NCCCC(=N)N. The van der Waals surface area contributed by atoms with E-state index in [1.807, 2.05) is 6.92 Å². The van der Waals surface area contributed by atoms with E-state index in [4.69, 9.17) is 11.1 Å². The fraction of sp³-hybridized carbons (Fsp3) is 0.857. The van der Waals surface area contributed by atoms with Crippen LogP contribution in [0.25, 0.3) is 0 Å². The predicted octanol–water partition coefficient (Wildman–Crippen LogP) is -0.463. The minimum Gasteiger partial charge on any atom is -0.388 e. The zero-order valence-corrected chi connectivity index (χ0v) is 9.15. The van der Waals surface area contributed by atoms with Crippen molar-refractivity contribution in [2.75, 3.05) is 13.1 Å². The average Bonchev–Trinajstić information content (AvgIpc) is 2.09. The van der Waals surface area contributed by atoms with Crippen LogP contribution in [0.5, 0.6) is 0 Å². The Labute approximate surface area is 85.0 Å². The van der Waals surface area contributed by atoms with Crippen molar-refractivity contribution in [3.63, 3.8) is 0 Å². The van der Waals surface area contributed by atoms with Crippen molar-refractivity contribution in [1.29, 1.82) is 5.41 Å². The van der Waals surface area contributed by atoms with Gasteiger partial charge in [-0.15, -0.1) is 0 Å². The lowest BCUT2D eigenvalue weighted by Crippen LogP contribution is -2.37. The molecule has 84 valence electrons. The Kier molecular flexibility index (Phi) is 6.43. The largest absolute Gasteiger partial charge is 0.388 e. The minimum absolute atomic E-state index is 0.0747. The van der Waals surface area contributed by atoms with Crippen LogP contribution < -0.4 is 15.2 Å². The smallest absolute Gasteiger partial charge is 0.276 e. The van der Waals surface area contributed by atoms with Crippen LogP contribution in [0.2, 0.25) is 0 Å². The first-order chi connectivity index (χ1) is 6.48. The molecular weight excluding hydrogens is 204 g/mol. The summed E-state index contributed by atoms with van der Waals surface area (Å²) in [5.41, 5.74) is 5.11. The molecule has 0 aromatic rings. The van der Waals surface area contributed by atoms with Gasteiger partial charge in [-0.2, -0.15) is 8.42 Å². The highest BCUT2D eigenvalue weighted by molar-refractivity contribution is 7.87. The van der Waals surface area contributed by atoms with E-state index in [1.165, 1.54) is 0 Å². The third-order valence-corrected chi connectivity index (χ3v) is 2.63. The molecule has 14 heavy (non-hydrogen) atoms. The van der Waals surface area contributed by atoms with Gasteiger partial charge in [0.05, 0.1) is 5.84 Å². The normalized spacial score (nSPS) is 11.5. The second-order valence-corrected chi connectivity index (χ2v) is 4.51. The summed E-state index contributed by atoms with van der Waals surface area (Å²) < 4.78 is 27.0. The zero-order valence-electron chi connectivity index (χ0n) is 8.34. The number of hydrogen-bond acceptors (Lipinski definition) is 3. The minimum atomic E-state index is -3.35. The first-order valence-corrected chi connectivity index (χ1v) is 6.03. The highest BCUT2D eigenvalue weighted by Gasteiger charge is 2.06. The van der Waals surface area contributed by atoms with Crippen molar-refractivity contribution >= 4 is 16.0 Å². The molecule has 0 aromatic carbocycles. The molecule has 0 radical (unpaired) electrons. The molecular formula is C7H18N4O2S. The molecule has 0 aliphatic carbocycles. The molecule has 0 bridgehead atoms. The molecule has 0 spiro atoms. The molecule has 0 heterocycles. The number of amidine groups is 1. The lowest BCUT2D eigenvalue weighted by Gasteiger charge is -2.06. The molecule has 0 amide bonds. The van der Waals surface area contributed by atoms with Gasteiger partial charge in [0.1, 0.15) is 0 Å². The highest BCUT2D eigenvalue weighted by atomic mass is 32.2. The zero-order chi connectivity index (χ0) is 11.0. The van der Waals surface area contributed by atoms with E-state index in [-0.39, 0.29) is 5.84 Å². The summed E-state index contributed by atoms with van der Waals surface area (Å²) in [5, 5.41) is 6.92. The fourth-order valence-electron chi connectivity index (χ4n) is 0.773. The van der Waals surface area contributed by atoms with Crippen LogP contribution in [0.15, 0.2) is 0 Å². The monoisotopic (exact) mass is 222 g/mol. The van der Waals surface area contributed by atoms with E-state index < -0.39 is 10.2 Å². The standard InChI is InChI=1S/C7H18N4O2S/c1-2-5-10-14(12,13)11-6-3-4-7(8)9/h10-11H,2-6H2,1H3,(H3,8,9). The fourth-order valence-corrected chi connectivity index (χ4v) is 1.76.